The zero-order valence-corrected chi connectivity index (χ0v) is 8.16. The summed E-state index contributed by atoms with van der Waals surface area (Å²) in [6, 6.07) is 0. The predicted molar refractivity (Wildman–Crippen MR) is 5.75 cm³/mol. The summed E-state index contributed by atoms with van der Waals surface area (Å²) >= 11 is 0. The largest absolute Gasteiger partial charge is 0 e. The normalized spacial score (nSPS) is 0. The van der Waals surface area contributed by atoms with Crippen LogP contribution < -0.4 is 0 Å². The molecule has 0 fully saturated rings. The van der Waals surface area contributed by atoms with Crippen LogP contribution in [0.25, 0.3) is 0 Å². The van der Waals surface area contributed by atoms with Crippen LogP contribution in [0.5, 0.6) is 0 Å². The van der Waals surface area contributed by atoms with Crippen molar-refractivity contribution in [2.45, 2.75) is 0 Å². The molecular weight excluding hydrogens is 307 g/mol. The fourth-order valence-electron chi connectivity index (χ4n) is 0. The van der Waals surface area contributed by atoms with Gasteiger partial charge in [-0.3, -0.25) is 0 Å². The van der Waals surface area contributed by atoms with E-state index in [2.05, 4.69) is 0 Å². The fourth-order valence-corrected chi connectivity index (χ4v) is 0. The molecule has 0 saturated carbocycles. The first-order chi connectivity index (χ1) is 0. The summed E-state index contributed by atoms with van der Waals surface area (Å²) < 4.78 is 0. The maximum atomic E-state index is 0. The molecule has 0 saturated heterocycles. The molecule has 0 rings (SSSR count). The minimum atomic E-state index is 0. The third kappa shape index (κ3) is 8.82. The van der Waals surface area contributed by atoms with Crippen LogP contribution in [0.3, 0.4) is 0 Å². The SMILES string of the molecule is [B].[Fe].[Mo].[Nd]. The molecule has 0 atom stereocenters. The second-order valence-corrected chi connectivity index (χ2v) is 0. The van der Waals surface area contributed by atoms with Crippen molar-refractivity contribution in [1.82, 2.24) is 0 Å². The third-order valence-electron chi connectivity index (χ3n) is 0. The molecule has 0 aliphatic heterocycles. The maximum absolute atomic E-state index is 0. The van der Waals surface area contributed by atoms with Crippen molar-refractivity contribution in [1.29, 1.82) is 0 Å². The summed E-state index contributed by atoms with van der Waals surface area (Å²) in [5.41, 5.74) is 0. The van der Waals surface area contributed by atoms with E-state index in [4.69, 9.17) is 0 Å². The summed E-state index contributed by atoms with van der Waals surface area (Å²) in [4.78, 5) is 0. The Hall–Kier alpha value is 2.62. The summed E-state index contributed by atoms with van der Waals surface area (Å²) in [7, 11) is 0. The van der Waals surface area contributed by atoms with Crippen molar-refractivity contribution in [3.63, 3.8) is 0 Å². The van der Waals surface area contributed by atoms with Crippen molar-refractivity contribution in [3.05, 3.63) is 0 Å². The zero-order valence-electron chi connectivity index (χ0n) is 1.84. The molecule has 0 unspecified atom stereocenters. The van der Waals surface area contributed by atoms with Crippen LogP contribution in [0.15, 0.2) is 0 Å². The van der Waals surface area contributed by atoms with E-state index in [1.54, 1.807) is 0 Å². The molecule has 0 nitrogen and oxygen atoms in total. The van der Waals surface area contributed by atoms with E-state index >= 15 is 0 Å². The van der Waals surface area contributed by atoms with Crippen molar-refractivity contribution in [2.24, 2.45) is 0 Å². The Morgan fingerprint density at radius 2 is 1.00 bits per heavy atom. The van der Waals surface area contributed by atoms with Gasteiger partial charge in [0.2, 0.25) is 0 Å². The molecule has 0 heterocycles. The molecular formula is BFeMoNd. The Labute approximate surface area is 85.7 Å². The fraction of sp³-hybridized carbons (Fsp3) is 0. The van der Waals surface area contributed by atoms with Crippen molar-refractivity contribution < 1.29 is 79.0 Å². The predicted octanol–water partition coefficient (Wildman–Crippen LogP) is -0.386. The van der Waals surface area contributed by atoms with Gasteiger partial charge in [-0.2, -0.15) is 0 Å². The van der Waals surface area contributed by atoms with Gasteiger partial charge in [-0.05, 0) is 0 Å². The van der Waals surface area contributed by atoms with Crippen LogP contribution in [-0.4, -0.2) is 8.41 Å². The van der Waals surface area contributed by atoms with E-state index in [9.17, 15) is 0 Å². The van der Waals surface area contributed by atoms with Crippen LogP contribution in [-0.2, 0) is 38.1 Å². The van der Waals surface area contributed by atoms with Gasteiger partial charge in [0, 0.05) is 87.4 Å². The molecule has 0 aromatic carbocycles. The van der Waals surface area contributed by atoms with Crippen LogP contribution in [0.4, 0.5) is 0 Å². The Kier molecular flexibility index (Phi) is 133. The Morgan fingerprint density at radius 3 is 1.00 bits per heavy atom. The van der Waals surface area contributed by atoms with Gasteiger partial charge in [-0.25, -0.2) is 0 Å². The van der Waals surface area contributed by atoms with Crippen LogP contribution in [0.2, 0.25) is 0 Å². The van der Waals surface area contributed by atoms with Gasteiger partial charge < -0.3 is 0 Å². The Morgan fingerprint density at radius 1 is 1.00 bits per heavy atom. The first-order valence-corrected chi connectivity index (χ1v) is 0. The summed E-state index contributed by atoms with van der Waals surface area (Å²) in [5.74, 6) is 0. The number of hydrogen-bond donors (Lipinski definition) is 0. The van der Waals surface area contributed by atoms with E-state index in [1.165, 1.54) is 0 Å². The van der Waals surface area contributed by atoms with Gasteiger partial charge in [0.15, 0.2) is 0 Å². The Bertz CT molecular complexity index is 8.00. The quantitative estimate of drug-likeness (QED) is 0.535. The van der Waals surface area contributed by atoms with Gasteiger partial charge in [-0.1, -0.05) is 0 Å². The number of hydrogen-bond acceptors (Lipinski definition) is 0. The minimum Gasteiger partial charge on any atom is 0 e. The molecule has 21 valence electrons. The van der Waals surface area contributed by atoms with Crippen LogP contribution in [0.1, 0.15) is 0 Å². The summed E-state index contributed by atoms with van der Waals surface area (Å²) in [6.07, 6.45) is 0. The summed E-state index contributed by atoms with van der Waals surface area (Å²) in [5, 5.41) is 0. The molecule has 0 aromatic heterocycles. The van der Waals surface area contributed by atoms with E-state index in [-0.39, 0.29) is 87.4 Å². The monoisotopic (exact) mass is 307 g/mol. The standard InChI is InChI=1S/B.Fe.Mo.Nd. The van der Waals surface area contributed by atoms with Gasteiger partial charge in [0.1, 0.15) is 0 Å². The molecule has 0 spiro atoms. The molecule has 0 N–H and O–H groups in total. The minimum absolute atomic E-state index is 0. The molecule has 3 radical (unpaired) electrons. The van der Waals surface area contributed by atoms with Gasteiger partial charge in [-0.15, -0.1) is 0 Å². The maximum Gasteiger partial charge on any atom is 0 e. The average molecular weight is 307 g/mol. The van der Waals surface area contributed by atoms with Gasteiger partial charge in [0.05, 0.1) is 0 Å². The molecule has 0 aliphatic rings. The first kappa shape index (κ1) is 30.4. The third-order valence-corrected chi connectivity index (χ3v) is 0. The second kappa shape index (κ2) is 17.5. The van der Waals surface area contributed by atoms with E-state index in [0.717, 1.165) is 0 Å². The number of rotatable bonds is 0. The molecule has 0 aliphatic carbocycles. The molecule has 0 aromatic rings. The average Bonchev–Trinajstić information content (AvgIpc) is 0. The van der Waals surface area contributed by atoms with E-state index in [1.807, 2.05) is 0 Å². The van der Waals surface area contributed by atoms with Crippen molar-refractivity contribution >= 4 is 8.41 Å². The molecule has 0 amide bonds. The van der Waals surface area contributed by atoms with Crippen molar-refractivity contribution in [3.8, 4) is 0 Å². The Balaban J connectivity index is 0. The van der Waals surface area contributed by atoms with Crippen LogP contribution >= 0.6 is 0 Å². The molecule has 4 heteroatoms. The molecule has 4 heavy (non-hydrogen) atoms. The first-order valence-electron chi connectivity index (χ1n) is 0. The van der Waals surface area contributed by atoms with Crippen LogP contribution in [0, 0.1) is 40.8 Å². The molecule has 0 bridgehead atoms. The smallest absolute Gasteiger partial charge is 0 e. The second-order valence-electron chi connectivity index (χ2n) is 0. The van der Waals surface area contributed by atoms with Gasteiger partial charge in [0.25, 0.3) is 0 Å². The van der Waals surface area contributed by atoms with Crippen molar-refractivity contribution in [2.75, 3.05) is 0 Å². The topological polar surface area (TPSA) is 0 Å². The van der Waals surface area contributed by atoms with Gasteiger partial charge >= 0.3 is 0 Å². The summed E-state index contributed by atoms with van der Waals surface area (Å²) in [6.45, 7) is 0. The zero-order chi connectivity index (χ0) is 0. The van der Waals surface area contributed by atoms with E-state index in [0.29, 0.717) is 0 Å². The van der Waals surface area contributed by atoms with E-state index < -0.39 is 0 Å².